The molecule has 1 N–H and O–H groups in total. The Labute approximate surface area is 103 Å². The Morgan fingerprint density at radius 1 is 1.41 bits per heavy atom. The highest BCUT2D eigenvalue weighted by molar-refractivity contribution is 5.71. The second-order valence-corrected chi connectivity index (χ2v) is 4.20. The van der Waals surface area contributed by atoms with Crippen LogP contribution in [0.2, 0.25) is 0 Å². The molecule has 0 aromatic carbocycles. The SMILES string of the molecule is CCCCOC(=O)CNCCN1CCOCC1. The third kappa shape index (κ3) is 7.31. The molecular weight excluding hydrogens is 220 g/mol. The predicted octanol–water partition coefficient (Wildman–Crippen LogP) is 0.252. The molecule has 5 nitrogen and oxygen atoms in total. The Balaban J connectivity index is 1.90. The van der Waals surface area contributed by atoms with Crippen LogP contribution in [-0.2, 0) is 14.3 Å². The van der Waals surface area contributed by atoms with Gasteiger partial charge in [0.05, 0.1) is 26.4 Å². The molecule has 0 atom stereocenters. The summed E-state index contributed by atoms with van der Waals surface area (Å²) in [4.78, 5) is 13.6. The molecule has 100 valence electrons. The molecule has 0 aliphatic carbocycles. The van der Waals surface area contributed by atoms with Crippen molar-refractivity contribution in [2.45, 2.75) is 19.8 Å². The van der Waals surface area contributed by atoms with Crippen LogP contribution in [0.1, 0.15) is 19.8 Å². The van der Waals surface area contributed by atoms with Crippen molar-refractivity contribution in [3.63, 3.8) is 0 Å². The van der Waals surface area contributed by atoms with Crippen LogP contribution in [0, 0.1) is 0 Å². The molecule has 0 spiro atoms. The van der Waals surface area contributed by atoms with E-state index in [1.54, 1.807) is 0 Å². The van der Waals surface area contributed by atoms with E-state index in [-0.39, 0.29) is 5.97 Å². The van der Waals surface area contributed by atoms with Gasteiger partial charge in [-0.2, -0.15) is 0 Å². The summed E-state index contributed by atoms with van der Waals surface area (Å²) in [6.45, 7) is 8.33. The Kier molecular flexibility index (Phi) is 7.96. The van der Waals surface area contributed by atoms with Gasteiger partial charge < -0.3 is 14.8 Å². The molecule has 0 aromatic heterocycles. The van der Waals surface area contributed by atoms with E-state index in [4.69, 9.17) is 9.47 Å². The minimum absolute atomic E-state index is 0.152. The quantitative estimate of drug-likeness (QED) is 0.490. The van der Waals surface area contributed by atoms with Crippen LogP contribution >= 0.6 is 0 Å². The third-order valence-electron chi connectivity index (χ3n) is 2.74. The van der Waals surface area contributed by atoms with Crippen molar-refractivity contribution in [1.82, 2.24) is 10.2 Å². The molecule has 0 unspecified atom stereocenters. The van der Waals surface area contributed by atoms with Gasteiger partial charge >= 0.3 is 5.97 Å². The largest absolute Gasteiger partial charge is 0.465 e. The fourth-order valence-electron chi connectivity index (χ4n) is 1.63. The summed E-state index contributed by atoms with van der Waals surface area (Å²) in [5.41, 5.74) is 0. The molecule has 1 saturated heterocycles. The summed E-state index contributed by atoms with van der Waals surface area (Å²) in [5.74, 6) is -0.152. The van der Waals surface area contributed by atoms with Crippen molar-refractivity contribution in [2.75, 3.05) is 52.5 Å². The van der Waals surface area contributed by atoms with E-state index < -0.39 is 0 Å². The van der Waals surface area contributed by atoms with Gasteiger partial charge in [0.2, 0.25) is 0 Å². The maximum absolute atomic E-state index is 11.3. The highest BCUT2D eigenvalue weighted by Gasteiger charge is 2.09. The van der Waals surface area contributed by atoms with Crippen molar-refractivity contribution >= 4 is 5.97 Å². The summed E-state index contributed by atoms with van der Waals surface area (Å²) in [7, 11) is 0. The number of hydrogen-bond acceptors (Lipinski definition) is 5. The van der Waals surface area contributed by atoms with E-state index in [0.717, 1.165) is 52.2 Å². The number of morpholine rings is 1. The van der Waals surface area contributed by atoms with Crippen LogP contribution < -0.4 is 5.32 Å². The van der Waals surface area contributed by atoms with Crippen molar-refractivity contribution in [1.29, 1.82) is 0 Å². The standard InChI is InChI=1S/C12H24N2O3/c1-2-3-8-17-12(15)11-13-4-5-14-6-9-16-10-7-14/h13H,2-11H2,1H3. The molecule has 17 heavy (non-hydrogen) atoms. The van der Waals surface area contributed by atoms with Crippen LogP contribution in [-0.4, -0.2) is 63.4 Å². The van der Waals surface area contributed by atoms with Crippen LogP contribution in [0.4, 0.5) is 0 Å². The normalized spacial score (nSPS) is 17.0. The summed E-state index contributed by atoms with van der Waals surface area (Å²) < 4.78 is 10.3. The number of esters is 1. The molecular formula is C12H24N2O3. The lowest BCUT2D eigenvalue weighted by atomic mass is 10.4. The summed E-state index contributed by atoms with van der Waals surface area (Å²) >= 11 is 0. The maximum atomic E-state index is 11.3. The topological polar surface area (TPSA) is 50.8 Å². The first-order valence-corrected chi connectivity index (χ1v) is 6.49. The minimum Gasteiger partial charge on any atom is -0.465 e. The fourth-order valence-corrected chi connectivity index (χ4v) is 1.63. The molecule has 5 heteroatoms. The number of nitrogens with zero attached hydrogens (tertiary/aromatic N) is 1. The van der Waals surface area contributed by atoms with Gasteiger partial charge in [-0.3, -0.25) is 9.69 Å². The minimum atomic E-state index is -0.152. The molecule has 0 aromatic rings. The van der Waals surface area contributed by atoms with Crippen LogP contribution in [0.3, 0.4) is 0 Å². The van der Waals surface area contributed by atoms with Crippen LogP contribution in [0.15, 0.2) is 0 Å². The third-order valence-corrected chi connectivity index (χ3v) is 2.74. The monoisotopic (exact) mass is 244 g/mol. The van der Waals surface area contributed by atoms with Gasteiger partial charge in [0, 0.05) is 26.2 Å². The molecule has 1 fully saturated rings. The highest BCUT2D eigenvalue weighted by atomic mass is 16.5. The second kappa shape index (κ2) is 9.39. The lowest BCUT2D eigenvalue weighted by Gasteiger charge is -2.26. The Morgan fingerprint density at radius 3 is 2.88 bits per heavy atom. The summed E-state index contributed by atoms with van der Waals surface area (Å²) in [6, 6.07) is 0. The van der Waals surface area contributed by atoms with E-state index in [9.17, 15) is 4.79 Å². The molecule has 1 rings (SSSR count). The number of ether oxygens (including phenoxy) is 2. The average molecular weight is 244 g/mol. The van der Waals surface area contributed by atoms with Crippen molar-refractivity contribution < 1.29 is 14.3 Å². The number of hydrogen-bond donors (Lipinski definition) is 1. The van der Waals surface area contributed by atoms with Crippen LogP contribution in [0.25, 0.3) is 0 Å². The second-order valence-electron chi connectivity index (χ2n) is 4.20. The number of nitrogens with one attached hydrogen (secondary N) is 1. The van der Waals surface area contributed by atoms with Crippen molar-refractivity contribution in [3.8, 4) is 0 Å². The van der Waals surface area contributed by atoms with Gasteiger partial charge in [-0.25, -0.2) is 0 Å². The van der Waals surface area contributed by atoms with Gasteiger partial charge in [-0.15, -0.1) is 0 Å². The van der Waals surface area contributed by atoms with Crippen LogP contribution in [0.5, 0.6) is 0 Å². The van der Waals surface area contributed by atoms with Gasteiger partial charge in [0.25, 0.3) is 0 Å². The predicted molar refractivity (Wildman–Crippen MR) is 66.0 cm³/mol. The summed E-state index contributed by atoms with van der Waals surface area (Å²) in [6.07, 6.45) is 2.00. The zero-order valence-corrected chi connectivity index (χ0v) is 10.7. The maximum Gasteiger partial charge on any atom is 0.319 e. The van der Waals surface area contributed by atoms with E-state index >= 15 is 0 Å². The zero-order valence-electron chi connectivity index (χ0n) is 10.7. The first-order chi connectivity index (χ1) is 8.33. The van der Waals surface area contributed by atoms with Gasteiger partial charge in [0.15, 0.2) is 0 Å². The van der Waals surface area contributed by atoms with Gasteiger partial charge in [-0.1, -0.05) is 13.3 Å². The zero-order chi connectivity index (χ0) is 12.3. The first-order valence-electron chi connectivity index (χ1n) is 6.49. The molecule has 0 amide bonds. The van der Waals surface area contributed by atoms with Gasteiger partial charge in [-0.05, 0) is 6.42 Å². The number of rotatable bonds is 8. The van der Waals surface area contributed by atoms with Gasteiger partial charge in [0.1, 0.15) is 0 Å². The lowest BCUT2D eigenvalue weighted by Crippen LogP contribution is -2.41. The van der Waals surface area contributed by atoms with E-state index in [0.29, 0.717) is 13.2 Å². The number of carbonyl (C=O) groups is 1. The molecule has 1 aliphatic heterocycles. The lowest BCUT2D eigenvalue weighted by molar-refractivity contribution is -0.142. The van der Waals surface area contributed by atoms with E-state index in [2.05, 4.69) is 17.1 Å². The number of carbonyl (C=O) groups excluding carboxylic acids is 1. The number of unbranched alkanes of at least 4 members (excludes halogenated alkanes) is 1. The molecule has 0 saturated carbocycles. The van der Waals surface area contributed by atoms with Crippen molar-refractivity contribution in [2.24, 2.45) is 0 Å². The van der Waals surface area contributed by atoms with Crippen molar-refractivity contribution in [3.05, 3.63) is 0 Å². The molecule has 0 radical (unpaired) electrons. The molecule has 0 bridgehead atoms. The first kappa shape index (κ1) is 14.4. The highest BCUT2D eigenvalue weighted by Crippen LogP contribution is 1.94. The Morgan fingerprint density at radius 2 is 2.18 bits per heavy atom. The molecule has 1 aliphatic rings. The summed E-state index contributed by atoms with van der Waals surface area (Å²) in [5, 5.41) is 3.10. The smallest absolute Gasteiger partial charge is 0.319 e. The fraction of sp³-hybridized carbons (Fsp3) is 0.917. The molecule has 1 heterocycles. The van der Waals surface area contributed by atoms with E-state index in [1.807, 2.05) is 0 Å². The Hall–Kier alpha value is -0.650. The Bertz CT molecular complexity index is 206. The van der Waals surface area contributed by atoms with E-state index in [1.165, 1.54) is 0 Å². The average Bonchev–Trinajstić information content (AvgIpc) is 2.36.